The van der Waals surface area contributed by atoms with Crippen LogP contribution in [0.25, 0.3) is 10.6 Å². The fourth-order valence-electron chi connectivity index (χ4n) is 2.36. The van der Waals surface area contributed by atoms with E-state index in [4.69, 9.17) is 14.9 Å². The molecule has 1 N–H and O–H groups in total. The standard InChI is InChI=1S/C18H17N3O3S/c1-23-15-9-8-13(10-16(15)24-2)17-20-21(18(19)25-17)11-14(22)12-6-4-3-5-7-12/h3-10,19H,11H2,1-2H3. The van der Waals surface area contributed by atoms with Crippen LogP contribution in [0.3, 0.4) is 0 Å². The average Bonchev–Trinajstić information content (AvgIpc) is 3.02. The van der Waals surface area contributed by atoms with E-state index in [-0.39, 0.29) is 17.1 Å². The Morgan fingerprint density at radius 3 is 2.52 bits per heavy atom. The van der Waals surface area contributed by atoms with Gasteiger partial charge in [-0.2, -0.15) is 5.10 Å². The monoisotopic (exact) mass is 355 g/mol. The van der Waals surface area contributed by atoms with Gasteiger partial charge in [0.15, 0.2) is 17.3 Å². The van der Waals surface area contributed by atoms with Gasteiger partial charge in [-0.3, -0.25) is 10.2 Å². The van der Waals surface area contributed by atoms with E-state index in [1.807, 2.05) is 24.3 Å². The molecule has 128 valence electrons. The summed E-state index contributed by atoms with van der Waals surface area (Å²) in [6.45, 7) is 0.0344. The van der Waals surface area contributed by atoms with Gasteiger partial charge in [-0.1, -0.05) is 41.7 Å². The molecule has 0 amide bonds. The molecule has 0 spiro atoms. The molecule has 3 aromatic rings. The molecular weight excluding hydrogens is 338 g/mol. The van der Waals surface area contributed by atoms with Gasteiger partial charge in [0.25, 0.3) is 0 Å². The van der Waals surface area contributed by atoms with Crippen molar-refractivity contribution in [2.24, 2.45) is 0 Å². The van der Waals surface area contributed by atoms with Crippen LogP contribution in [-0.2, 0) is 6.54 Å². The number of hydrogen-bond acceptors (Lipinski definition) is 6. The number of methoxy groups -OCH3 is 2. The lowest BCUT2D eigenvalue weighted by Crippen LogP contribution is -2.20. The molecule has 0 aliphatic carbocycles. The summed E-state index contributed by atoms with van der Waals surface area (Å²) in [6.07, 6.45) is 0. The van der Waals surface area contributed by atoms with Crippen LogP contribution in [0.2, 0.25) is 0 Å². The van der Waals surface area contributed by atoms with E-state index in [2.05, 4.69) is 5.10 Å². The van der Waals surface area contributed by atoms with Crippen LogP contribution in [0.1, 0.15) is 10.4 Å². The fourth-order valence-corrected chi connectivity index (χ4v) is 3.14. The third-order valence-corrected chi connectivity index (χ3v) is 4.57. The maximum Gasteiger partial charge on any atom is 0.200 e. The summed E-state index contributed by atoms with van der Waals surface area (Å²) >= 11 is 1.21. The normalized spacial score (nSPS) is 10.5. The molecule has 0 fully saturated rings. The first-order valence-electron chi connectivity index (χ1n) is 7.55. The predicted octanol–water partition coefficient (Wildman–Crippen LogP) is 2.99. The van der Waals surface area contributed by atoms with Crippen LogP contribution in [0.4, 0.5) is 0 Å². The largest absolute Gasteiger partial charge is 0.493 e. The highest BCUT2D eigenvalue weighted by molar-refractivity contribution is 7.12. The van der Waals surface area contributed by atoms with Crippen molar-refractivity contribution in [1.82, 2.24) is 9.78 Å². The molecular formula is C18H17N3O3S. The highest BCUT2D eigenvalue weighted by Crippen LogP contribution is 2.32. The van der Waals surface area contributed by atoms with Gasteiger partial charge >= 0.3 is 0 Å². The SMILES string of the molecule is COc1ccc(-c2nn(CC(=O)c3ccccc3)c(=N)s2)cc1OC. The van der Waals surface area contributed by atoms with Gasteiger partial charge in [0.2, 0.25) is 4.80 Å². The number of benzene rings is 2. The lowest BCUT2D eigenvalue weighted by molar-refractivity contribution is 0.0966. The summed E-state index contributed by atoms with van der Waals surface area (Å²) < 4.78 is 11.9. The van der Waals surface area contributed by atoms with Crippen LogP contribution in [0.5, 0.6) is 11.5 Å². The molecule has 6 nitrogen and oxygen atoms in total. The minimum absolute atomic E-state index is 0.0344. The van der Waals surface area contributed by atoms with Crippen molar-refractivity contribution in [3.05, 3.63) is 58.9 Å². The topological polar surface area (TPSA) is 77.2 Å². The van der Waals surface area contributed by atoms with E-state index >= 15 is 0 Å². The molecule has 0 unspecified atom stereocenters. The smallest absolute Gasteiger partial charge is 0.200 e. The van der Waals surface area contributed by atoms with Crippen LogP contribution >= 0.6 is 11.3 Å². The first-order chi connectivity index (χ1) is 12.1. The molecule has 3 rings (SSSR count). The second kappa shape index (κ2) is 7.31. The van der Waals surface area contributed by atoms with Gasteiger partial charge in [0, 0.05) is 11.1 Å². The average molecular weight is 355 g/mol. The zero-order chi connectivity index (χ0) is 17.8. The first-order valence-corrected chi connectivity index (χ1v) is 8.37. The highest BCUT2D eigenvalue weighted by atomic mass is 32.1. The van der Waals surface area contributed by atoms with Crippen molar-refractivity contribution in [3.8, 4) is 22.1 Å². The number of hydrogen-bond donors (Lipinski definition) is 1. The predicted molar refractivity (Wildman–Crippen MR) is 95.3 cm³/mol. The summed E-state index contributed by atoms with van der Waals surface area (Å²) in [7, 11) is 3.14. The molecule has 25 heavy (non-hydrogen) atoms. The molecule has 0 aliphatic rings. The zero-order valence-electron chi connectivity index (χ0n) is 13.9. The Hall–Kier alpha value is -2.93. The summed E-state index contributed by atoms with van der Waals surface area (Å²) in [4.78, 5) is 12.5. The van der Waals surface area contributed by atoms with Crippen LogP contribution in [0, 0.1) is 5.41 Å². The van der Waals surface area contributed by atoms with E-state index < -0.39 is 0 Å². The Labute approximate surface area is 148 Å². The molecule has 1 aromatic heterocycles. The molecule has 0 saturated heterocycles. The van der Waals surface area contributed by atoms with Crippen LogP contribution < -0.4 is 14.3 Å². The lowest BCUT2D eigenvalue weighted by Gasteiger charge is -2.08. The van der Waals surface area contributed by atoms with Crippen molar-refractivity contribution in [2.75, 3.05) is 14.2 Å². The third-order valence-electron chi connectivity index (χ3n) is 3.66. The van der Waals surface area contributed by atoms with Gasteiger partial charge in [0.05, 0.1) is 14.2 Å². The van der Waals surface area contributed by atoms with E-state index in [0.717, 1.165) is 5.56 Å². The Balaban J connectivity index is 1.88. The lowest BCUT2D eigenvalue weighted by atomic mass is 10.1. The second-order valence-corrected chi connectivity index (χ2v) is 6.21. The minimum Gasteiger partial charge on any atom is -0.493 e. The Morgan fingerprint density at radius 2 is 1.84 bits per heavy atom. The second-order valence-electron chi connectivity index (χ2n) is 5.23. The quantitative estimate of drug-likeness (QED) is 0.690. The summed E-state index contributed by atoms with van der Waals surface area (Å²) in [5.41, 5.74) is 1.41. The van der Waals surface area contributed by atoms with Crippen molar-refractivity contribution in [2.45, 2.75) is 6.54 Å². The molecule has 2 aromatic carbocycles. The maximum atomic E-state index is 12.3. The van der Waals surface area contributed by atoms with Crippen molar-refractivity contribution in [3.63, 3.8) is 0 Å². The van der Waals surface area contributed by atoms with Gasteiger partial charge in [-0.15, -0.1) is 0 Å². The first kappa shape index (κ1) is 16.9. The van der Waals surface area contributed by atoms with Crippen LogP contribution in [-0.4, -0.2) is 29.8 Å². The van der Waals surface area contributed by atoms with Crippen molar-refractivity contribution < 1.29 is 14.3 Å². The molecule has 0 radical (unpaired) electrons. The van der Waals surface area contributed by atoms with E-state index in [1.54, 1.807) is 38.5 Å². The summed E-state index contributed by atoms with van der Waals surface area (Å²) in [6, 6.07) is 14.5. The summed E-state index contributed by atoms with van der Waals surface area (Å²) in [5, 5.41) is 13.1. The molecule has 0 bridgehead atoms. The fraction of sp³-hybridized carbons (Fsp3) is 0.167. The van der Waals surface area contributed by atoms with Crippen LogP contribution in [0.15, 0.2) is 48.5 Å². The molecule has 0 saturated carbocycles. The Morgan fingerprint density at radius 1 is 1.12 bits per heavy atom. The highest BCUT2D eigenvalue weighted by Gasteiger charge is 2.13. The number of Topliss-reactive ketones (excluding diaryl/α,β-unsaturated/α-hetero) is 1. The number of ether oxygens (including phenoxy) is 2. The van der Waals surface area contributed by atoms with Crippen molar-refractivity contribution in [1.29, 1.82) is 5.41 Å². The van der Waals surface area contributed by atoms with E-state index in [0.29, 0.717) is 22.1 Å². The number of nitrogens with zero attached hydrogens (tertiary/aromatic N) is 2. The number of carbonyl (C=O) groups excluding carboxylic acids is 1. The number of rotatable bonds is 6. The Kier molecular flexibility index (Phi) is 4.95. The van der Waals surface area contributed by atoms with Gasteiger partial charge in [-0.05, 0) is 18.2 Å². The van der Waals surface area contributed by atoms with Crippen molar-refractivity contribution >= 4 is 17.1 Å². The molecule has 7 heteroatoms. The third kappa shape index (κ3) is 3.61. The Bertz CT molecular complexity index is 948. The number of carbonyl (C=O) groups is 1. The maximum absolute atomic E-state index is 12.3. The molecule has 0 aliphatic heterocycles. The number of aromatic nitrogens is 2. The van der Waals surface area contributed by atoms with Gasteiger partial charge in [0.1, 0.15) is 11.6 Å². The molecule has 1 heterocycles. The van der Waals surface area contributed by atoms with E-state index in [9.17, 15) is 4.79 Å². The van der Waals surface area contributed by atoms with Gasteiger partial charge in [-0.25, -0.2) is 4.68 Å². The zero-order valence-corrected chi connectivity index (χ0v) is 14.7. The summed E-state index contributed by atoms with van der Waals surface area (Å²) in [5.74, 6) is 1.14. The number of ketones is 1. The number of nitrogens with one attached hydrogen (secondary N) is 1. The minimum atomic E-state index is -0.0803. The van der Waals surface area contributed by atoms with Gasteiger partial charge < -0.3 is 9.47 Å². The van der Waals surface area contributed by atoms with E-state index in [1.165, 1.54) is 16.0 Å². The molecule has 0 atom stereocenters.